The molecule has 1 aliphatic carbocycles. The summed E-state index contributed by atoms with van der Waals surface area (Å²) in [6.07, 6.45) is 10.0. The van der Waals surface area contributed by atoms with Crippen LogP contribution in [0.4, 0.5) is 5.69 Å². The summed E-state index contributed by atoms with van der Waals surface area (Å²) in [4.78, 5) is 13.1. The smallest absolute Gasteiger partial charge is 0.224 e. The second kappa shape index (κ2) is 7.49. The molecule has 0 atom stereocenters. The summed E-state index contributed by atoms with van der Waals surface area (Å²) in [5.41, 5.74) is 1.94. The lowest BCUT2D eigenvalue weighted by Crippen LogP contribution is -2.14. The molecule has 0 aliphatic heterocycles. The molecule has 1 amide bonds. The van der Waals surface area contributed by atoms with Gasteiger partial charge in [-0.05, 0) is 41.6 Å². The summed E-state index contributed by atoms with van der Waals surface area (Å²) in [6.45, 7) is 0. The number of benzene rings is 1. The van der Waals surface area contributed by atoms with Crippen molar-refractivity contribution < 1.29 is 4.79 Å². The Morgan fingerprint density at radius 2 is 1.95 bits per heavy atom. The normalized spacial score (nSPS) is 15.6. The van der Waals surface area contributed by atoms with Gasteiger partial charge in [-0.3, -0.25) is 4.79 Å². The van der Waals surface area contributed by atoms with Crippen LogP contribution in [0.15, 0.2) is 30.5 Å². The molecule has 0 unspecified atom stereocenters. The second-order valence-corrected chi connectivity index (χ2v) is 6.74. The third-order valence-electron chi connectivity index (χ3n) is 4.32. The molecule has 1 aliphatic rings. The van der Waals surface area contributed by atoms with Crippen molar-refractivity contribution >= 4 is 23.1 Å². The monoisotopic (exact) mass is 315 g/mol. The minimum Gasteiger partial charge on any atom is -0.326 e. The van der Waals surface area contributed by atoms with Crippen LogP contribution in [0.5, 0.6) is 0 Å². The van der Waals surface area contributed by atoms with Crippen molar-refractivity contribution in [2.24, 2.45) is 5.92 Å². The molecule has 0 saturated heterocycles. The number of hydrogen-bond acceptors (Lipinski definition) is 4. The maximum Gasteiger partial charge on any atom is 0.224 e. The third kappa shape index (κ3) is 4.13. The predicted molar refractivity (Wildman–Crippen MR) is 89.8 cm³/mol. The van der Waals surface area contributed by atoms with Gasteiger partial charge in [0.15, 0.2) is 0 Å². The van der Waals surface area contributed by atoms with Gasteiger partial charge in [0.2, 0.25) is 5.91 Å². The lowest BCUT2D eigenvalue weighted by molar-refractivity contribution is -0.116. The maximum atomic E-state index is 12.0. The quantitative estimate of drug-likeness (QED) is 0.883. The van der Waals surface area contributed by atoms with E-state index in [9.17, 15) is 4.79 Å². The van der Waals surface area contributed by atoms with Crippen LogP contribution in [-0.4, -0.2) is 15.5 Å². The van der Waals surface area contributed by atoms with E-state index in [2.05, 4.69) is 14.9 Å². The highest BCUT2D eigenvalue weighted by Crippen LogP contribution is 2.27. The molecule has 116 valence electrons. The number of aromatic nitrogens is 2. The molecule has 1 fully saturated rings. The van der Waals surface area contributed by atoms with Gasteiger partial charge in [-0.25, -0.2) is 0 Å². The molecule has 3 rings (SSSR count). The summed E-state index contributed by atoms with van der Waals surface area (Å²) < 4.78 is 3.86. The molecule has 4 nitrogen and oxygen atoms in total. The van der Waals surface area contributed by atoms with Gasteiger partial charge in [0.1, 0.15) is 0 Å². The van der Waals surface area contributed by atoms with Crippen LogP contribution >= 0.6 is 11.5 Å². The average molecular weight is 315 g/mol. The Morgan fingerprint density at radius 3 is 2.64 bits per heavy atom. The zero-order chi connectivity index (χ0) is 15.2. The van der Waals surface area contributed by atoms with Gasteiger partial charge < -0.3 is 5.32 Å². The Bertz CT molecular complexity index is 589. The summed E-state index contributed by atoms with van der Waals surface area (Å²) in [5, 5.41) is 6.82. The molecule has 0 spiro atoms. The number of carbonyl (C=O) groups is 1. The first kappa shape index (κ1) is 15.2. The van der Waals surface area contributed by atoms with Crippen LogP contribution in [0, 0.1) is 5.92 Å². The summed E-state index contributed by atoms with van der Waals surface area (Å²) in [6, 6.07) is 7.86. The van der Waals surface area contributed by atoms with Crippen LogP contribution in [0.25, 0.3) is 10.4 Å². The Morgan fingerprint density at radius 1 is 1.18 bits per heavy atom. The first-order valence-corrected chi connectivity index (χ1v) is 8.76. The van der Waals surface area contributed by atoms with E-state index in [1.807, 2.05) is 24.3 Å². The van der Waals surface area contributed by atoms with Gasteiger partial charge in [0.05, 0.1) is 11.1 Å². The summed E-state index contributed by atoms with van der Waals surface area (Å²) in [5.74, 6) is 0.874. The number of carbonyl (C=O) groups excluding carboxylic acids is 1. The SMILES string of the molecule is O=C(CCC1CCCCC1)Nc1ccc(-c2cnns2)cc1. The van der Waals surface area contributed by atoms with Crippen molar-refractivity contribution in [3.63, 3.8) is 0 Å². The van der Waals surface area contributed by atoms with Crippen LogP contribution < -0.4 is 5.32 Å². The Labute approximate surface area is 135 Å². The lowest BCUT2D eigenvalue weighted by atomic mass is 9.86. The van der Waals surface area contributed by atoms with Crippen LogP contribution in [0.1, 0.15) is 44.9 Å². The maximum absolute atomic E-state index is 12.0. The van der Waals surface area contributed by atoms with Gasteiger partial charge in [0, 0.05) is 12.1 Å². The molecule has 1 N–H and O–H groups in total. The van der Waals surface area contributed by atoms with Gasteiger partial charge >= 0.3 is 0 Å². The number of anilines is 1. The molecule has 2 aromatic rings. The first-order valence-electron chi connectivity index (χ1n) is 7.99. The first-order chi connectivity index (χ1) is 10.8. The van der Waals surface area contributed by atoms with Gasteiger partial charge in [-0.1, -0.05) is 48.7 Å². The van der Waals surface area contributed by atoms with Crippen molar-refractivity contribution in [1.82, 2.24) is 9.59 Å². The van der Waals surface area contributed by atoms with E-state index in [1.54, 1.807) is 6.20 Å². The highest BCUT2D eigenvalue weighted by molar-refractivity contribution is 7.09. The van der Waals surface area contributed by atoms with Crippen molar-refractivity contribution in [2.45, 2.75) is 44.9 Å². The number of nitrogens with zero attached hydrogens (tertiary/aromatic N) is 2. The highest BCUT2D eigenvalue weighted by atomic mass is 32.1. The predicted octanol–water partition coefficient (Wildman–Crippen LogP) is 4.50. The Balaban J connectivity index is 1.48. The zero-order valence-corrected chi connectivity index (χ0v) is 13.4. The van der Waals surface area contributed by atoms with E-state index in [0.717, 1.165) is 28.5 Å². The number of rotatable bonds is 5. The zero-order valence-electron chi connectivity index (χ0n) is 12.6. The van der Waals surface area contributed by atoms with E-state index >= 15 is 0 Å². The largest absolute Gasteiger partial charge is 0.326 e. The average Bonchev–Trinajstić information content (AvgIpc) is 3.09. The molecule has 5 heteroatoms. The summed E-state index contributed by atoms with van der Waals surface area (Å²) in [7, 11) is 0. The van der Waals surface area contributed by atoms with Gasteiger partial charge in [0.25, 0.3) is 0 Å². The molecule has 1 aromatic heterocycles. The lowest BCUT2D eigenvalue weighted by Gasteiger charge is -2.21. The minimum absolute atomic E-state index is 0.123. The fourth-order valence-corrected chi connectivity index (χ4v) is 3.56. The molecular formula is C17H21N3OS. The molecule has 1 heterocycles. The minimum atomic E-state index is 0.123. The van der Waals surface area contributed by atoms with E-state index in [0.29, 0.717) is 6.42 Å². The van der Waals surface area contributed by atoms with Gasteiger partial charge in [-0.2, -0.15) is 0 Å². The Hall–Kier alpha value is -1.75. The molecule has 1 saturated carbocycles. The van der Waals surface area contributed by atoms with Gasteiger partial charge in [-0.15, -0.1) is 5.10 Å². The number of amides is 1. The molecule has 22 heavy (non-hydrogen) atoms. The van der Waals surface area contributed by atoms with E-state index in [4.69, 9.17) is 0 Å². The Kier molecular flexibility index (Phi) is 5.16. The summed E-state index contributed by atoms with van der Waals surface area (Å²) >= 11 is 1.37. The highest BCUT2D eigenvalue weighted by Gasteiger charge is 2.14. The topological polar surface area (TPSA) is 54.9 Å². The number of hydrogen-bond donors (Lipinski definition) is 1. The fraction of sp³-hybridized carbons (Fsp3) is 0.471. The fourth-order valence-electron chi connectivity index (χ4n) is 3.05. The molecular weight excluding hydrogens is 294 g/mol. The molecule has 1 aromatic carbocycles. The number of nitrogens with one attached hydrogen (secondary N) is 1. The van der Waals surface area contributed by atoms with Crippen LogP contribution in [0.2, 0.25) is 0 Å². The van der Waals surface area contributed by atoms with Crippen LogP contribution in [-0.2, 0) is 4.79 Å². The van der Waals surface area contributed by atoms with E-state index in [-0.39, 0.29) is 5.91 Å². The van der Waals surface area contributed by atoms with E-state index in [1.165, 1.54) is 43.6 Å². The van der Waals surface area contributed by atoms with Crippen molar-refractivity contribution in [1.29, 1.82) is 0 Å². The van der Waals surface area contributed by atoms with E-state index < -0.39 is 0 Å². The van der Waals surface area contributed by atoms with Crippen molar-refractivity contribution in [2.75, 3.05) is 5.32 Å². The van der Waals surface area contributed by atoms with Crippen molar-refractivity contribution in [3.05, 3.63) is 30.5 Å². The van der Waals surface area contributed by atoms with Crippen LogP contribution in [0.3, 0.4) is 0 Å². The molecule has 0 radical (unpaired) electrons. The standard InChI is InChI=1S/C17H21N3OS/c21-17(11-6-13-4-2-1-3-5-13)19-15-9-7-14(8-10-15)16-12-18-20-22-16/h7-10,12-13H,1-6,11H2,(H,19,21). The third-order valence-corrected chi connectivity index (χ3v) is 5.03. The molecule has 0 bridgehead atoms. The second-order valence-electron chi connectivity index (χ2n) is 5.95. The van der Waals surface area contributed by atoms with Crippen molar-refractivity contribution in [3.8, 4) is 10.4 Å².